The molecule has 1 saturated heterocycles. The van der Waals surface area contributed by atoms with Gasteiger partial charge < -0.3 is 10.3 Å². The second kappa shape index (κ2) is 8.90. The van der Waals surface area contributed by atoms with Crippen molar-refractivity contribution >= 4 is 21.1 Å². The SMILES string of the molecule is CCc1nc2c(-c3cccc(S(=O)(=O)N4CCCC4)c3)cccc2n1C/C(F)=C/CN. The van der Waals surface area contributed by atoms with E-state index in [9.17, 15) is 12.8 Å². The second-order valence-electron chi connectivity index (χ2n) is 7.67. The molecule has 3 aromatic rings. The standard InChI is InChI=1S/C23H27FN4O2S/c1-2-22-26-23-20(9-6-10-21(23)28(22)16-18(24)11-12-25)17-7-5-8-19(15-17)31(29,30)27-13-3-4-14-27/h5-11,15H,2-4,12-14,16,25H2,1H3/b18-11-. The van der Waals surface area contributed by atoms with Gasteiger partial charge in [0, 0.05) is 31.6 Å². The number of fused-ring (bicyclic) bond motifs is 1. The molecule has 1 aliphatic rings. The zero-order valence-corrected chi connectivity index (χ0v) is 18.4. The molecular weight excluding hydrogens is 415 g/mol. The Morgan fingerprint density at radius 1 is 1.19 bits per heavy atom. The molecule has 0 atom stereocenters. The molecule has 164 valence electrons. The van der Waals surface area contributed by atoms with Gasteiger partial charge in [-0.3, -0.25) is 0 Å². The highest BCUT2D eigenvalue weighted by molar-refractivity contribution is 7.89. The van der Waals surface area contributed by atoms with Crippen molar-refractivity contribution < 1.29 is 12.8 Å². The molecule has 0 radical (unpaired) electrons. The number of benzene rings is 2. The lowest BCUT2D eigenvalue weighted by Gasteiger charge is -2.16. The minimum atomic E-state index is -3.51. The summed E-state index contributed by atoms with van der Waals surface area (Å²) in [4.78, 5) is 5.06. The van der Waals surface area contributed by atoms with Crippen LogP contribution in [0.1, 0.15) is 25.6 Å². The molecule has 4 rings (SSSR count). The van der Waals surface area contributed by atoms with Crippen LogP contribution in [-0.2, 0) is 23.0 Å². The van der Waals surface area contributed by atoms with Crippen LogP contribution in [0.15, 0.2) is 59.3 Å². The van der Waals surface area contributed by atoms with Crippen LogP contribution in [0.4, 0.5) is 4.39 Å². The maximum Gasteiger partial charge on any atom is 0.243 e. The smallest absolute Gasteiger partial charge is 0.243 e. The van der Waals surface area contributed by atoms with E-state index in [4.69, 9.17) is 10.7 Å². The monoisotopic (exact) mass is 442 g/mol. The number of nitrogens with zero attached hydrogens (tertiary/aromatic N) is 3. The molecule has 1 aromatic heterocycles. The van der Waals surface area contributed by atoms with Crippen LogP contribution in [0.5, 0.6) is 0 Å². The number of hydrogen-bond donors (Lipinski definition) is 1. The van der Waals surface area contributed by atoms with E-state index < -0.39 is 10.0 Å². The van der Waals surface area contributed by atoms with Crippen molar-refractivity contribution in [3.8, 4) is 11.1 Å². The Bertz CT molecular complexity index is 1230. The van der Waals surface area contributed by atoms with Gasteiger partial charge >= 0.3 is 0 Å². The maximum atomic E-state index is 14.2. The van der Waals surface area contributed by atoms with Crippen LogP contribution in [0, 0.1) is 0 Å². The molecular formula is C23H27FN4O2S. The van der Waals surface area contributed by atoms with Gasteiger partial charge in [0.2, 0.25) is 10.0 Å². The third-order valence-electron chi connectivity index (χ3n) is 5.67. The van der Waals surface area contributed by atoms with Crippen LogP contribution in [-0.4, -0.2) is 41.9 Å². The number of imidazole rings is 1. The van der Waals surface area contributed by atoms with E-state index in [2.05, 4.69) is 0 Å². The third-order valence-corrected chi connectivity index (χ3v) is 7.57. The Morgan fingerprint density at radius 2 is 1.94 bits per heavy atom. The molecule has 0 unspecified atom stereocenters. The predicted octanol–water partition coefficient (Wildman–Crippen LogP) is 3.86. The van der Waals surface area contributed by atoms with Crippen molar-refractivity contribution in [1.82, 2.24) is 13.9 Å². The molecule has 0 saturated carbocycles. The molecule has 31 heavy (non-hydrogen) atoms. The van der Waals surface area contributed by atoms with Gasteiger partial charge in [0.25, 0.3) is 0 Å². The maximum absolute atomic E-state index is 14.2. The first-order valence-electron chi connectivity index (χ1n) is 10.6. The molecule has 0 bridgehead atoms. The van der Waals surface area contributed by atoms with Crippen molar-refractivity contribution in [3.63, 3.8) is 0 Å². The largest absolute Gasteiger partial charge is 0.327 e. The number of nitrogens with two attached hydrogens (primary N) is 1. The summed E-state index contributed by atoms with van der Waals surface area (Å²) in [6.07, 6.45) is 3.80. The number of aromatic nitrogens is 2. The third kappa shape index (κ3) is 4.15. The van der Waals surface area contributed by atoms with E-state index >= 15 is 0 Å². The normalized spacial score (nSPS) is 15.8. The molecule has 2 aromatic carbocycles. The number of allylic oxidation sites excluding steroid dienone is 1. The van der Waals surface area contributed by atoms with Crippen LogP contribution >= 0.6 is 0 Å². The van der Waals surface area contributed by atoms with Gasteiger partial charge in [-0.15, -0.1) is 0 Å². The average molecular weight is 443 g/mol. The van der Waals surface area contributed by atoms with E-state index in [0.717, 1.165) is 40.8 Å². The van der Waals surface area contributed by atoms with Gasteiger partial charge in [-0.1, -0.05) is 31.2 Å². The minimum Gasteiger partial charge on any atom is -0.327 e. The van der Waals surface area contributed by atoms with E-state index in [1.54, 1.807) is 22.5 Å². The highest BCUT2D eigenvalue weighted by Crippen LogP contribution is 2.32. The van der Waals surface area contributed by atoms with E-state index in [0.29, 0.717) is 19.5 Å². The summed E-state index contributed by atoms with van der Waals surface area (Å²) in [5, 5.41) is 0. The lowest BCUT2D eigenvalue weighted by atomic mass is 10.0. The van der Waals surface area contributed by atoms with Gasteiger partial charge in [-0.2, -0.15) is 4.31 Å². The quantitative estimate of drug-likeness (QED) is 0.602. The summed E-state index contributed by atoms with van der Waals surface area (Å²) in [6.45, 7) is 3.32. The van der Waals surface area contributed by atoms with Gasteiger partial charge in [0.05, 0.1) is 22.5 Å². The van der Waals surface area contributed by atoms with Crippen molar-refractivity contribution in [2.24, 2.45) is 5.73 Å². The number of rotatable bonds is 7. The zero-order chi connectivity index (χ0) is 22.0. The molecule has 8 heteroatoms. The lowest BCUT2D eigenvalue weighted by molar-refractivity contribution is 0.477. The summed E-state index contributed by atoms with van der Waals surface area (Å²) in [6, 6.07) is 12.7. The first-order chi connectivity index (χ1) is 15.0. The first kappa shape index (κ1) is 21.7. The molecule has 0 aliphatic carbocycles. The summed E-state index contributed by atoms with van der Waals surface area (Å²) in [5.41, 5.74) is 8.58. The van der Waals surface area contributed by atoms with Crippen molar-refractivity contribution in [2.75, 3.05) is 19.6 Å². The van der Waals surface area contributed by atoms with E-state index in [-0.39, 0.29) is 23.8 Å². The highest BCUT2D eigenvalue weighted by atomic mass is 32.2. The van der Waals surface area contributed by atoms with Gasteiger partial charge in [0.1, 0.15) is 11.7 Å². The summed E-state index contributed by atoms with van der Waals surface area (Å²) in [7, 11) is -3.51. The summed E-state index contributed by atoms with van der Waals surface area (Å²) in [5.74, 6) is 0.462. The Hall–Kier alpha value is -2.55. The Labute approximate surface area is 182 Å². The number of hydrogen-bond acceptors (Lipinski definition) is 4. The number of aryl methyl sites for hydroxylation is 1. The topological polar surface area (TPSA) is 81.2 Å². The van der Waals surface area contributed by atoms with E-state index in [1.807, 2.05) is 35.8 Å². The second-order valence-corrected chi connectivity index (χ2v) is 9.60. The van der Waals surface area contributed by atoms with Crippen LogP contribution in [0.25, 0.3) is 22.2 Å². The number of para-hydroxylation sites is 1. The van der Waals surface area contributed by atoms with Gasteiger partial charge in [-0.05, 0) is 42.7 Å². The number of halogens is 1. The van der Waals surface area contributed by atoms with Crippen LogP contribution in [0.2, 0.25) is 0 Å². The fourth-order valence-electron chi connectivity index (χ4n) is 4.12. The summed E-state index contributed by atoms with van der Waals surface area (Å²) >= 11 is 0. The molecule has 0 spiro atoms. The van der Waals surface area contributed by atoms with E-state index in [1.165, 1.54) is 6.08 Å². The Kier molecular flexibility index (Phi) is 6.22. The Balaban J connectivity index is 1.80. The van der Waals surface area contributed by atoms with Gasteiger partial charge in [0.15, 0.2) is 0 Å². The van der Waals surface area contributed by atoms with Crippen molar-refractivity contribution in [2.45, 2.75) is 37.6 Å². The van der Waals surface area contributed by atoms with Gasteiger partial charge in [-0.25, -0.2) is 17.8 Å². The van der Waals surface area contributed by atoms with Crippen LogP contribution < -0.4 is 5.73 Å². The lowest BCUT2D eigenvalue weighted by Crippen LogP contribution is -2.27. The number of sulfonamides is 1. The molecule has 1 aliphatic heterocycles. The summed E-state index contributed by atoms with van der Waals surface area (Å²) < 4.78 is 43.7. The van der Waals surface area contributed by atoms with Crippen molar-refractivity contribution in [1.29, 1.82) is 0 Å². The Morgan fingerprint density at radius 3 is 2.65 bits per heavy atom. The fourth-order valence-corrected chi connectivity index (χ4v) is 5.68. The molecule has 2 N–H and O–H groups in total. The predicted molar refractivity (Wildman–Crippen MR) is 121 cm³/mol. The first-order valence-corrected chi connectivity index (χ1v) is 12.0. The van der Waals surface area contributed by atoms with Crippen LogP contribution in [0.3, 0.4) is 0 Å². The minimum absolute atomic E-state index is 0.0731. The molecule has 1 fully saturated rings. The molecule has 2 heterocycles. The van der Waals surface area contributed by atoms with Crippen molar-refractivity contribution in [3.05, 3.63) is 60.2 Å². The molecule has 0 amide bonds. The zero-order valence-electron chi connectivity index (χ0n) is 17.6. The molecule has 6 nitrogen and oxygen atoms in total. The highest BCUT2D eigenvalue weighted by Gasteiger charge is 2.27. The fraction of sp³-hybridized carbons (Fsp3) is 0.348. The average Bonchev–Trinajstić information content (AvgIpc) is 3.43.